The van der Waals surface area contributed by atoms with Crippen molar-refractivity contribution >= 4 is 18.0 Å². The lowest BCUT2D eigenvalue weighted by molar-refractivity contribution is -0.123. The normalized spacial score (nSPS) is 13.2. The fourth-order valence-electron chi connectivity index (χ4n) is 2.30. The van der Waals surface area contributed by atoms with E-state index in [0.717, 1.165) is 5.56 Å². The number of benzene rings is 1. The number of alkyl carbamates (subject to hydrolysis) is 1. The van der Waals surface area contributed by atoms with Crippen LogP contribution in [0, 0.1) is 0 Å². The fourth-order valence-corrected chi connectivity index (χ4v) is 2.30. The minimum Gasteiger partial charge on any atom is -0.444 e. The summed E-state index contributed by atoms with van der Waals surface area (Å²) in [4.78, 5) is 36.4. The van der Waals surface area contributed by atoms with Crippen molar-refractivity contribution in [1.82, 2.24) is 21.3 Å². The number of ether oxygens (including phenoxy) is 1. The molecule has 0 fully saturated rings. The molecule has 156 valence electrons. The van der Waals surface area contributed by atoms with E-state index in [4.69, 9.17) is 4.74 Å². The maximum absolute atomic E-state index is 12.5. The quantitative estimate of drug-likeness (QED) is 0.534. The van der Waals surface area contributed by atoms with Crippen molar-refractivity contribution < 1.29 is 19.1 Å². The van der Waals surface area contributed by atoms with Crippen molar-refractivity contribution in [3.8, 4) is 0 Å². The van der Waals surface area contributed by atoms with Gasteiger partial charge in [-0.25, -0.2) is 9.59 Å². The highest BCUT2D eigenvalue weighted by atomic mass is 16.6. The van der Waals surface area contributed by atoms with Crippen molar-refractivity contribution in [2.75, 3.05) is 0 Å². The molecule has 0 spiro atoms. The molecule has 8 nitrogen and oxygen atoms in total. The molecule has 0 bridgehead atoms. The standard InChI is InChI=1S/C20H32N4O4/c1-13(2)21-18(26)24-16(12-15-10-8-7-9-11-15)23-17(25)14(3)22-19(27)28-20(4,5)6/h7-11,13-14,16H,12H2,1-6H3,(H,22,27)(H,23,25)(H2,21,24,26)/t14-,16+/m0/s1. The van der Waals surface area contributed by atoms with Gasteiger partial charge in [0, 0.05) is 12.5 Å². The Morgan fingerprint density at radius 1 is 0.929 bits per heavy atom. The Hall–Kier alpha value is -2.77. The van der Waals surface area contributed by atoms with Crippen molar-refractivity contribution in [1.29, 1.82) is 0 Å². The summed E-state index contributed by atoms with van der Waals surface area (Å²) < 4.78 is 5.16. The van der Waals surface area contributed by atoms with Crippen LogP contribution >= 0.6 is 0 Å². The Morgan fingerprint density at radius 3 is 2.07 bits per heavy atom. The van der Waals surface area contributed by atoms with Gasteiger partial charge in [0.1, 0.15) is 17.8 Å². The van der Waals surface area contributed by atoms with Gasteiger partial charge in [-0.3, -0.25) is 4.79 Å². The Balaban J connectivity index is 2.73. The number of carbonyl (C=O) groups excluding carboxylic acids is 3. The van der Waals surface area contributed by atoms with Gasteiger partial charge in [0.15, 0.2) is 0 Å². The van der Waals surface area contributed by atoms with Crippen LogP contribution in [0.4, 0.5) is 9.59 Å². The average Bonchev–Trinajstić information content (AvgIpc) is 2.52. The molecule has 1 aromatic rings. The minimum absolute atomic E-state index is 0.0409. The van der Waals surface area contributed by atoms with Gasteiger partial charge in [0.25, 0.3) is 0 Å². The van der Waals surface area contributed by atoms with E-state index in [0.29, 0.717) is 6.42 Å². The molecule has 0 unspecified atom stereocenters. The monoisotopic (exact) mass is 392 g/mol. The van der Waals surface area contributed by atoms with Crippen molar-refractivity contribution in [2.45, 2.75) is 71.8 Å². The smallest absolute Gasteiger partial charge is 0.408 e. The molecule has 1 rings (SSSR count). The zero-order valence-electron chi connectivity index (χ0n) is 17.5. The minimum atomic E-state index is -0.830. The second-order valence-electron chi connectivity index (χ2n) is 7.89. The van der Waals surface area contributed by atoms with Gasteiger partial charge in [-0.1, -0.05) is 30.3 Å². The largest absolute Gasteiger partial charge is 0.444 e. The van der Waals surface area contributed by atoms with E-state index in [1.165, 1.54) is 0 Å². The summed E-state index contributed by atoms with van der Waals surface area (Å²) in [5.41, 5.74) is 0.289. The first-order valence-electron chi connectivity index (χ1n) is 9.37. The van der Waals surface area contributed by atoms with Crippen LogP contribution in [0.3, 0.4) is 0 Å². The number of urea groups is 1. The van der Waals surface area contributed by atoms with Gasteiger partial charge in [0.2, 0.25) is 5.91 Å². The van der Waals surface area contributed by atoms with E-state index < -0.39 is 29.8 Å². The fraction of sp³-hybridized carbons (Fsp3) is 0.550. The Bertz CT molecular complexity index is 656. The molecule has 0 saturated heterocycles. The van der Waals surface area contributed by atoms with Crippen LogP contribution in [-0.4, -0.2) is 41.9 Å². The number of carbonyl (C=O) groups is 3. The van der Waals surface area contributed by atoms with Crippen LogP contribution in [-0.2, 0) is 16.0 Å². The SMILES string of the molecule is CC(C)NC(=O)N[C@H](Cc1ccccc1)NC(=O)[C@H](C)NC(=O)OC(C)(C)C. The third kappa shape index (κ3) is 9.80. The number of nitrogens with one attached hydrogen (secondary N) is 4. The maximum Gasteiger partial charge on any atom is 0.408 e. The first-order valence-corrected chi connectivity index (χ1v) is 9.37. The second-order valence-corrected chi connectivity index (χ2v) is 7.89. The van der Waals surface area contributed by atoms with Crippen LogP contribution in [0.25, 0.3) is 0 Å². The second kappa shape index (κ2) is 10.5. The van der Waals surface area contributed by atoms with Crippen LogP contribution < -0.4 is 21.3 Å². The van der Waals surface area contributed by atoms with Crippen molar-refractivity contribution in [2.24, 2.45) is 0 Å². The van der Waals surface area contributed by atoms with Crippen LogP contribution in [0.15, 0.2) is 30.3 Å². The molecule has 0 aliphatic carbocycles. The molecule has 0 aliphatic rings. The van der Waals surface area contributed by atoms with Gasteiger partial charge in [-0.05, 0) is 47.1 Å². The molecule has 0 radical (unpaired) electrons. The first kappa shape index (κ1) is 23.3. The van der Waals surface area contributed by atoms with E-state index in [1.807, 2.05) is 44.2 Å². The number of hydrogen-bond acceptors (Lipinski definition) is 4. The molecule has 0 aliphatic heterocycles. The molecule has 4 amide bonds. The molecule has 2 atom stereocenters. The molecule has 4 N–H and O–H groups in total. The molecule has 1 aromatic carbocycles. The number of amides is 4. The predicted octanol–water partition coefficient (Wildman–Crippen LogP) is 2.29. The number of rotatable bonds is 7. The maximum atomic E-state index is 12.5. The Labute approximate surface area is 166 Å². The van der Waals surface area contributed by atoms with Gasteiger partial charge in [0.05, 0.1) is 0 Å². The lowest BCUT2D eigenvalue weighted by Gasteiger charge is -2.25. The molecular weight excluding hydrogens is 360 g/mol. The zero-order valence-corrected chi connectivity index (χ0v) is 17.5. The zero-order chi connectivity index (χ0) is 21.3. The van der Waals surface area contributed by atoms with Crippen LogP contribution in [0.2, 0.25) is 0 Å². The molecule has 0 heterocycles. The molecule has 0 saturated carbocycles. The Morgan fingerprint density at radius 2 is 1.54 bits per heavy atom. The molecular formula is C20H32N4O4. The summed E-state index contributed by atoms with van der Waals surface area (Å²) in [6.45, 7) is 10.5. The van der Waals surface area contributed by atoms with E-state index in [2.05, 4.69) is 21.3 Å². The lowest BCUT2D eigenvalue weighted by atomic mass is 10.1. The van der Waals surface area contributed by atoms with E-state index in [-0.39, 0.29) is 12.1 Å². The van der Waals surface area contributed by atoms with Gasteiger partial charge in [-0.15, -0.1) is 0 Å². The van der Waals surface area contributed by atoms with Crippen molar-refractivity contribution in [3.63, 3.8) is 0 Å². The third-order valence-corrected chi connectivity index (χ3v) is 3.45. The summed E-state index contributed by atoms with van der Waals surface area (Å²) in [6.07, 6.45) is -0.922. The lowest BCUT2D eigenvalue weighted by Crippen LogP contribution is -2.57. The number of hydrogen-bond donors (Lipinski definition) is 4. The van der Waals surface area contributed by atoms with Crippen LogP contribution in [0.5, 0.6) is 0 Å². The van der Waals surface area contributed by atoms with Gasteiger partial charge >= 0.3 is 12.1 Å². The molecule has 0 aromatic heterocycles. The third-order valence-electron chi connectivity index (χ3n) is 3.45. The van der Waals surface area contributed by atoms with E-state index >= 15 is 0 Å². The molecule has 8 heteroatoms. The average molecular weight is 393 g/mol. The van der Waals surface area contributed by atoms with Gasteiger partial charge < -0.3 is 26.0 Å². The Kier molecular flexibility index (Phi) is 8.76. The highest BCUT2D eigenvalue weighted by Gasteiger charge is 2.23. The highest BCUT2D eigenvalue weighted by molar-refractivity contribution is 5.86. The van der Waals surface area contributed by atoms with E-state index in [9.17, 15) is 14.4 Å². The van der Waals surface area contributed by atoms with E-state index in [1.54, 1.807) is 27.7 Å². The summed E-state index contributed by atoms with van der Waals surface area (Å²) >= 11 is 0. The summed E-state index contributed by atoms with van der Waals surface area (Å²) in [5.74, 6) is -0.434. The topological polar surface area (TPSA) is 109 Å². The summed E-state index contributed by atoms with van der Waals surface area (Å²) in [7, 11) is 0. The first-order chi connectivity index (χ1) is 13.0. The highest BCUT2D eigenvalue weighted by Crippen LogP contribution is 2.07. The van der Waals surface area contributed by atoms with Gasteiger partial charge in [-0.2, -0.15) is 0 Å². The van der Waals surface area contributed by atoms with Crippen LogP contribution in [0.1, 0.15) is 47.1 Å². The predicted molar refractivity (Wildman–Crippen MR) is 108 cm³/mol. The summed E-state index contributed by atoms with van der Waals surface area (Å²) in [5, 5.41) is 10.7. The molecule has 28 heavy (non-hydrogen) atoms. The van der Waals surface area contributed by atoms with Crippen molar-refractivity contribution in [3.05, 3.63) is 35.9 Å². The summed E-state index contributed by atoms with van der Waals surface area (Å²) in [6, 6.07) is 8.22.